The predicted octanol–water partition coefficient (Wildman–Crippen LogP) is 2.28. The van der Waals surface area contributed by atoms with Gasteiger partial charge >= 0.3 is 0 Å². The Morgan fingerprint density at radius 1 is 1.42 bits per heavy atom. The fraction of sp³-hybridized carbons (Fsp3) is 0.167. The van der Waals surface area contributed by atoms with Gasteiger partial charge in [0.05, 0.1) is 35.9 Å². The Balaban J connectivity index is 2.21. The van der Waals surface area contributed by atoms with Gasteiger partial charge in [-0.3, -0.25) is 15.1 Å². The molecular formula is C18H15ClN4O3. The number of nitriles is 1. The van der Waals surface area contributed by atoms with E-state index in [-0.39, 0.29) is 22.4 Å². The monoisotopic (exact) mass is 370 g/mol. The molecule has 1 heterocycles. The number of guanidine groups is 1. The van der Waals surface area contributed by atoms with E-state index in [4.69, 9.17) is 16.3 Å². The predicted molar refractivity (Wildman–Crippen MR) is 97.6 cm³/mol. The molecular weight excluding hydrogens is 356 g/mol. The van der Waals surface area contributed by atoms with Gasteiger partial charge in [-0.15, -0.1) is 0 Å². The van der Waals surface area contributed by atoms with Crippen molar-refractivity contribution in [3.63, 3.8) is 0 Å². The number of ether oxygens (including phenoxy) is 1. The molecule has 132 valence electrons. The highest BCUT2D eigenvalue weighted by molar-refractivity contribution is 6.32. The first kappa shape index (κ1) is 17.6. The summed E-state index contributed by atoms with van der Waals surface area (Å²) in [4.78, 5) is 16.9. The third-order valence-electron chi connectivity index (χ3n) is 3.88. The largest absolute Gasteiger partial charge is 0.507 e. The lowest BCUT2D eigenvalue weighted by Gasteiger charge is -2.16. The van der Waals surface area contributed by atoms with Gasteiger partial charge in [-0.2, -0.15) is 5.26 Å². The van der Waals surface area contributed by atoms with Crippen molar-refractivity contribution in [2.45, 2.75) is 0 Å². The lowest BCUT2D eigenvalue weighted by molar-refractivity contribution is 0.0974. The highest BCUT2D eigenvalue weighted by Crippen LogP contribution is 2.41. The van der Waals surface area contributed by atoms with E-state index in [9.17, 15) is 15.2 Å². The van der Waals surface area contributed by atoms with Gasteiger partial charge in [0.2, 0.25) is 0 Å². The molecule has 1 aliphatic heterocycles. The summed E-state index contributed by atoms with van der Waals surface area (Å²) in [6.07, 6.45) is 0. The van der Waals surface area contributed by atoms with Crippen molar-refractivity contribution in [2.24, 2.45) is 4.99 Å². The lowest BCUT2D eigenvalue weighted by Crippen LogP contribution is -2.38. The van der Waals surface area contributed by atoms with Crippen molar-refractivity contribution in [3.05, 3.63) is 46.5 Å². The molecule has 3 N–H and O–H groups in total. The Morgan fingerprint density at radius 2 is 2.23 bits per heavy atom. The molecule has 7 nitrogen and oxygen atoms in total. The van der Waals surface area contributed by atoms with Gasteiger partial charge in [-0.05, 0) is 18.2 Å². The number of carbonyl (C=O) groups is 1. The second-order valence-electron chi connectivity index (χ2n) is 5.43. The van der Waals surface area contributed by atoms with Crippen LogP contribution in [0.15, 0.2) is 35.3 Å². The number of aliphatic imine (C=N–C) groups is 1. The van der Waals surface area contributed by atoms with E-state index in [0.29, 0.717) is 35.4 Å². The number of para-hydroxylation sites is 1. The van der Waals surface area contributed by atoms with Crippen LogP contribution in [-0.2, 0) is 0 Å². The molecule has 0 saturated carbocycles. The number of hydrogen-bond donors (Lipinski definition) is 3. The van der Waals surface area contributed by atoms with Crippen LogP contribution in [0.4, 0.5) is 0 Å². The minimum Gasteiger partial charge on any atom is -0.507 e. The number of phenols is 1. The maximum absolute atomic E-state index is 12.8. The van der Waals surface area contributed by atoms with Crippen LogP contribution in [0.3, 0.4) is 0 Å². The van der Waals surface area contributed by atoms with E-state index in [1.165, 1.54) is 19.2 Å². The van der Waals surface area contributed by atoms with E-state index in [2.05, 4.69) is 15.6 Å². The van der Waals surface area contributed by atoms with Crippen LogP contribution < -0.4 is 15.4 Å². The molecule has 2 aromatic carbocycles. The number of phenolic OH excluding ortho intramolecular Hbond substituents is 1. The van der Waals surface area contributed by atoms with Crippen LogP contribution in [0.2, 0.25) is 5.02 Å². The summed E-state index contributed by atoms with van der Waals surface area (Å²) in [7, 11) is 1.44. The van der Waals surface area contributed by atoms with E-state index in [1.54, 1.807) is 18.2 Å². The van der Waals surface area contributed by atoms with Gasteiger partial charge in [-0.1, -0.05) is 23.7 Å². The highest BCUT2D eigenvalue weighted by atomic mass is 35.5. The molecule has 0 aliphatic carbocycles. The van der Waals surface area contributed by atoms with Crippen LogP contribution in [-0.4, -0.2) is 37.2 Å². The molecule has 0 unspecified atom stereocenters. The standard InChI is InChI=1S/C18H15ClN4O3/c1-26-16-11(3-2-4-12(16)19)14-10(9-20)5-6-13(24)15(14)17(25)23-18-21-7-8-22-18/h2-6,24H,7-8H2,1H3,(H2,21,22,23,25). The molecule has 3 rings (SSSR count). The molecule has 0 bridgehead atoms. The number of carbonyl (C=O) groups excluding carboxylic acids is 1. The van der Waals surface area contributed by atoms with Crippen LogP contribution in [0.1, 0.15) is 15.9 Å². The van der Waals surface area contributed by atoms with Crippen LogP contribution in [0.5, 0.6) is 11.5 Å². The van der Waals surface area contributed by atoms with Crippen LogP contribution >= 0.6 is 11.6 Å². The molecule has 0 fully saturated rings. The summed E-state index contributed by atoms with van der Waals surface area (Å²) >= 11 is 6.18. The number of amides is 1. The number of nitrogens with one attached hydrogen (secondary N) is 2. The highest BCUT2D eigenvalue weighted by Gasteiger charge is 2.25. The Labute approximate surface area is 154 Å². The first-order valence-corrected chi connectivity index (χ1v) is 8.13. The smallest absolute Gasteiger partial charge is 0.262 e. The number of rotatable bonds is 3. The average Bonchev–Trinajstić information content (AvgIpc) is 3.14. The summed E-state index contributed by atoms with van der Waals surface area (Å²) in [5.41, 5.74) is 0.817. The number of benzene rings is 2. The third-order valence-corrected chi connectivity index (χ3v) is 4.18. The Kier molecular flexibility index (Phi) is 4.96. The molecule has 1 amide bonds. The summed E-state index contributed by atoms with van der Waals surface area (Å²) < 4.78 is 5.35. The van der Waals surface area contributed by atoms with Crippen molar-refractivity contribution in [2.75, 3.05) is 20.2 Å². The van der Waals surface area contributed by atoms with Gasteiger partial charge in [0, 0.05) is 17.7 Å². The van der Waals surface area contributed by atoms with Gasteiger partial charge in [0.15, 0.2) is 5.96 Å². The van der Waals surface area contributed by atoms with Crippen molar-refractivity contribution in [1.82, 2.24) is 10.6 Å². The number of hydrogen-bond acceptors (Lipinski definition) is 6. The molecule has 0 atom stereocenters. The van der Waals surface area contributed by atoms with Gasteiger partial charge in [0.1, 0.15) is 11.5 Å². The first-order chi connectivity index (χ1) is 12.6. The maximum atomic E-state index is 12.8. The fourth-order valence-electron chi connectivity index (χ4n) is 2.76. The average molecular weight is 371 g/mol. The second kappa shape index (κ2) is 7.33. The molecule has 0 spiro atoms. The molecule has 0 aromatic heterocycles. The van der Waals surface area contributed by atoms with E-state index >= 15 is 0 Å². The van der Waals surface area contributed by atoms with Gasteiger partial charge in [0.25, 0.3) is 5.91 Å². The molecule has 1 aliphatic rings. The van der Waals surface area contributed by atoms with Gasteiger partial charge < -0.3 is 15.2 Å². The van der Waals surface area contributed by atoms with E-state index in [0.717, 1.165) is 0 Å². The summed E-state index contributed by atoms with van der Waals surface area (Å²) in [6, 6.07) is 9.77. The summed E-state index contributed by atoms with van der Waals surface area (Å²) in [6.45, 7) is 1.17. The first-order valence-electron chi connectivity index (χ1n) is 7.75. The zero-order valence-electron chi connectivity index (χ0n) is 13.8. The Morgan fingerprint density at radius 3 is 2.88 bits per heavy atom. The van der Waals surface area contributed by atoms with Crippen molar-refractivity contribution in [1.29, 1.82) is 5.26 Å². The topological polar surface area (TPSA) is 107 Å². The van der Waals surface area contributed by atoms with Crippen molar-refractivity contribution >= 4 is 23.5 Å². The number of nitrogens with zero attached hydrogens (tertiary/aromatic N) is 2. The van der Waals surface area contributed by atoms with E-state index < -0.39 is 5.91 Å². The zero-order chi connectivity index (χ0) is 18.7. The summed E-state index contributed by atoms with van der Waals surface area (Å²) in [5.74, 6) is -0.232. The molecule has 8 heteroatoms. The van der Waals surface area contributed by atoms with E-state index in [1.807, 2.05) is 6.07 Å². The van der Waals surface area contributed by atoms with Crippen molar-refractivity contribution in [3.8, 4) is 28.7 Å². The fourth-order valence-corrected chi connectivity index (χ4v) is 3.01. The third kappa shape index (κ3) is 3.15. The molecule has 0 radical (unpaired) electrons. The molecule has 26 heavy (non-hydrogen) atoms. The zero-order valence-corrected chi connectivity index (χ0v) is 14.6. The minimum absolute atomic E-state index is 0.0546. The van der Waals surface area contributed by atoms with Crippen LogP contribution in [0, 0.1) is 11.3 Å². The summed E-state index contributed by atoms with van der Waals surface area (Å²) in [5, 5.41) is 25.7. The van der Waals surface area contributed by atoms with Gasteiger partial charge in [-0.25, -0.2) is 0 Å². The van der Waals surface area contributed by atoms with Crippen LogP contribution in [0.25, 0.3) is 11.1 Å². The quantitative estimate of drug-likeness (QED) is 0.768. The lowest BCUT2D eigenvalue weighted by atomic mass is 9.92. The normalized spacial score (nSPS) is 12.7. The Hall–Kier alpha value is -3.24. The second-order valence-corrected chi connectivity index (χ2v) is 5.83. The SMILES string of the molecule is COc1c(Cl)cccc1-c1c(C#N)ccc(O)c1C(=O)NC1=NCCN1. The number of methoxy groups -OCH3 is 1. The Bertz CT molecular complexity index is 950. The minimum atomic E-state index is -0.593. The number of halogens is 1. The molecule has 2 aromatic rings. The maximum Gasteiger partial charge on any atom is 0.262 e. The van der Waals surface area contributed by atoms with Crippen molar-refractivity contribution < 1.29 is 14.6 Å². The number of aromatic hydroxyl groups is 1. The molecule has 0 saturated heterocycles.